The van der Waals surface area contributed by atoms with Crippen LogP contribution in [0.4, 0.5) is 0 Å². The number of nitrogens with one attached hydrogen (secondary N) is 1. The second-order valence-electron chi connectivity index (χ2n) is 4.93. The van der Waals surface area contributed by atoms with Crippen molar-refractivity contribution in [3.8, 4) is 0 Å². The van der Waals surface area contributed by atoms with E-state index in [9.17, 15) is 0 Å². The fourth-order valence-corrected chi connectivity index (χ4v) is 2.84. The van der Waals surface area contributed by atoms with Crippen molar-refractivity contribution >= 4 is 41.7 Å². The van der Waals surface area contributed by atoms with E-state index >= 15 is 0 Å². The second kappa shape index (κ2) is 13.0. The van der Waals surface area contributed by atoms with Gasteiger partial charge in [-0.3, -0.25) is 4.99 Å². The maximum Gasteiger partial charge on any atom is 0.193 e. The van der Waals surface area contributed by atoms with Gasteiger partial charge in [-0.05, 0) is 38.2 Å². The molecule has 0 bridgehead atoms. The van der Waals surface area contributed by atoms with Crippen LogP contribution in [-0.2, 0) is 4.74 Å². The number of aliphatic imine (C=N–C) groups is 1. The molecule has 1 saturated heterocycles. The Morgan fingerprint density at radius 2 is 2.25 bits per heavy atom. The maximum atomic E-state index is 5.52. The molecule has 0 amide bonds. The second-order valence-corrected chi connectivity index (χ2v) is 5.92. The SMILES string of the molecule is CCOCC1CCN(C(=NC)NCCCCSC)C1.I. The Labute approximate surface area is 145 Å². The maximum absolute atomic E-state index is 5.52. The Morgan fingerprint density at radius 3 is 2.90 bits per heavy atom. The zero-order valence-corrected chi connectivity index (χ0v) is 16.2. The lowest BCUT2D eigenvalue weighted by Crippen LogP contribution is -2.40. The third-order valence-corrected chi connectivity index (χ3v) is 4.11. The molecule has 120 valence electrons. The zero-order valence-electron chi connectivity index (χ0n) is 13.1. The monoisotopic (exact) mass is 415 g/mol. The van der Waals surface area contributed by atoms with E-state index in [1.54, 1.807) is 0 Å². The number of hydrogen-bond acceptors (Lipinski definition) is 3. The number of rotatable bonds is 8. The van der Waals surface area contributed by atoms with Crippen molar-refractivity contribution in [2.45, 2.75) is 26.2 Å². The number of likely N-dealkylation sites (tertiary alicyclic amines) is 1. The predicted molar refractivity (Wildman–Crippen MR) is 101 cm³/mol. The standard InChI is InChI=1S/C14H29N3OS.HI/c1-4-18-12-13-7-9-17(11-13)14(15-2)16-8-5-6-10-19-3;/h13H,4-12H2,1-3H3,(H,15,16);1H. The lowest BCUT2D eigenvalue weighted by atomic mass is 10.1. The van der Waals surface area contributed by atoms with Crippen LogP contribution in [0, 0.1) is 5.92 Å². The van der Waals surface area contributed by atoms with Gasteiger partial charge in [0.25, 0.3) is 0 Å². The lowest BCUT2D eigenvalue weighted by Gasteiger charge is -2.21. The highest BCUT2D eigenvalue weighted by molar-refractivity contribution is 14.0. The van der Waals surface area contributed by atoms with Crippen molar-refractivity contribution in [3.63, 3.8) is 0 Å². The van der Waals surface area contributed by atoms with E-state index in [1.807, 2.05) is 18.8 Å². The van der Waals surface area contributed by atoms with E-state index in [1.165, 1.54) is 25.0 Å². The topological polar surface area (TPSA) is 36.9 Å². The molecule has 1 aliphatic rings. The van der Waals surface area contributed by atoms with Gasteiger partial charge in [-0.25, -0.2) is 0 Å². The number of unbranched alkanes of at least 4 members (excludes halogenated alkanes) is 1. The number of thioether (sulfide) groups is 1. The van der Waals surface area contributed by atoms with Gasteiger partial charge in [0.15, 0.2) is 5.96 Å². The lowest BCUT2D eigenvalue weighted by molar-refractivity contribution is 0.114. The molecular formula is C14H30IN3OS. The van der Waals surface area contributed by atoms with E-state index < -0.39 is 0 Å². The van der Waals surface area contributed by atoms with Crippen molar-refractivity contribution in [3.05, 3.63) is 0 Å². The summed E-state index contributed by atoms with van der Waals surface area (Å²) in [5.41, 5.74) is 0. The van der Waals surface area contributed by atoms with Gasteiger partial charge in [0, 0.05) is 39.2 Å². The van der Waals surface area contributed by atoms with Crippen LogP contribution >= 0.6 is 35.7 Å². The molecule has 20 heavy (non-hydrogen) atoms. The van der Waals surface area contributed by atoms with Gasteiger partial charge in [-0.2, -0.15) is 11.8 Å². The fraction of sp³-hybridized carbons (Fsp3) is 0.929. The van der Waals surface area contributed by atoms with Crippen LogP contribution in [0.5, 0.6) is 0 Å². The van der Waals surface area contributed by atoms with Crippen molar-refractivity contribution < 1.29 is 4.74 Å². The van der Waals surface area contributed by atoms with Crippen LogP contribution in [0.2, 0.25) is 0 Å². The summed E-state index contributed by atoms with van der Waals surface area (Å²) in [5, 5.41) is 3.47. The number of halogens is 1. The van der Waals surface area contributed by atoms with Gasteiger partial charge in [0.05, 0.1) is 6.61 Å². The summed E-state index contributed by atoms with van der Waals surface area (Å²) in [4.78, 5) is 6.75. The molecule has 1 heterocycles. The first-order valence-electron chi connectivity index (χ1n) is 7.34. The van der Waals surface area contributed by atoms with E-state index in [4.69, 9.17) is 4.74 Å². The molecular weight excluding hydrogens is 385 g/mol. The van der Waals surface area contributed by atoms with E-state index in [0.29, 0.717) is 5.92 Å². The number of nitrogens with zero attached hydrogens (tertiary/aromatic N) is 2. The van der Waals surface area contributed by atoms with Crippen LogP contribution in [0.15, 0.2) is 4.99 Å². The van der Waals surface area contributed by atoms with Crippen LogP contribution in [0.25, 0.3) is 0 Å². The molecule has 6 heteroatoms. The first-order valence-corrected chi connectivity index (χ1v) is 8.73. The Kier molecular flexibility index (Phi) is 13.2. The minimum Gasteiger partial charge on any atom is -0.381 e. The summed E-state index contributed by atoms with van der Waals surface area (Å²) in [7, 11) is 1.88. The minimum atomic E-state index is 0. The highest BCUT2D eigenvalue weighted by Gasteiger charge is 2.24. The summed E-state index contributed by atoms with van der Waals surface area (Å²) in [6.45, 7) is 6.96. The molecule has 0 radical (unpaired) electrons. The van der Waals surface area contributed by atoms with Crippen LogP contribution < -0.4 is 5.32 Å². The molecule has 1 rings (SSSR count). The molecule has 1 aliphatic heterocycles. The van der Waals surface area contributed by atoms with Crippen molar-refractivity contribution in [1.29, 1.82) is 0 Å². The average Bonchev–Trinajstić information content (AvgIpc) is 2.89. The first-order chi connectivity index (χ1) is 9.31. The fourth-order valence-electron chi connectivity index (χ4n) is 2.35. The number of hydrogen-bond donors (Lipinski definition) is 1. The smallest absolute Gasteiger partial charge is 0.193 e. The first kappa shape index (κ1) is 20.3. The Hall–Kier alpha value is 0.310. The Bertz CT molecular complexity index is 267. The van der Waals surface area contributed by atoms with E-state index in [-0.39, 0.29) is 24.0 Å². The van der Waals surface area contributed by atoms with Crippen molar-refractivity contribution in [2.24, 2.45) is 10.9 Å². The normalized spacial score (nSPS) is 19.1. The van der Waals surface area contributed by atoms with Gasteiger partial charge >= 0.3 is 0 Å². The molecule has 1 unspecified atom stereocenters. The van der Waals surface area contributed by atoms with Crippen LogP contribution in [0.3, 0.4) is 0 Å². The van der Waals surface area contributed by atoms with Crippen molar-refractivity contribution in [2.75, 3.05) is 51.9 Å². The Morgan fingerprint density at radius 1 is 1.45 bits per heavy atom. The molecule has 0 aromatic carbocycles. The van der Waals surface area contributed by atoms with E-state index in [2.05, 4.69) is 28.4 Å². The quantitative estimate of drug-likeness (QED) is 0.286. The molecule has 4 nitrogen and oxygen atoms in total. The molecule has 0 saturated carbocycles. The zero-order chi connectivity index (χ0) is 13.9. The number of ether oxygens (including phenoxy) is 1. The van der Waals surface area contributed by atoms with Gasteiger partial charge in [0.2, 0.25) is 0 Å². The molecule has 0 aromatic rings. The van der Waals surface area contributed by atoms with Gasteiger partial charge in [0.1, 0.15) is 0 Å². The van der Waals surface area contributed by atoms with Crippen molar-refractivity contribution in [1.82, 2.24) is 10.2 Å². The third-order valence-electron chi connectivity index (χ3n) is 3.41. The minimum absolute atomic E-state index is 0. The Balaban J connectivity index is 0.00000361. The van der Waals surface area contributed by atoms with Crippen LogP contribution in [-0.4, -0.2) is 62.8 Å². The average molecular weight is 415 g/mol. The van der Waals surface area contributed by atoms with Crippen LogP contribution in [0.1, 0.15) is 26.2 Å². The molecule has 1 atom stereocenters. The molecule has 0 spiro atoms. The van der Waals surface area contributed by atoms with Gasteiger partial charge in [-0.15, -0.1) is 24.0 Å². The largest absolute Gasteiger partial charge is 0.381 e. The molecule has 1 N–H and O–H groups in total. The predicted octanol–water partition coefficient (Wildman–Crippen LogP) is 2.68. The molecule has 1 fully saturated rings. The van der Waals surface area contributed by atoms with Gasteiger partial charge < -0.3 is 15.0 Å². The summed E-state index contributed by atoms with van der Waals surface area (Å²) in [6, 6.07) is 0. The highest BCUT2D eigenvalue weighted by atomic mass is 127. The summed E-state index contributed by atoms with van der Waals surface area (Å²) in [6.07, 6.45) is 5.87. The molecule has 0 aliphatic carbocycles. The summed E-state index contributed by atoms with van der Waals surface area (Å²) >= 11 is 1.92. The highest BCUT2D eigenvalue weighted by Crippen LogP contribution is 2.16. The van der Waals surface area contributed by atoms with Gasteiger partial charge in [-0.1, -0.05) is 0 Å². The number of guanidine groups is 1. The molecule has 0 aromatic heterocycles. The summed E-state index contributed by atoms with van der Waals surface area (Å²) in [5.74, 6) is 2.97. The third kappa shape index (κ3) is 7.93. The van der Waals surface area contributed by atoms with E-state index in [0.717, 1.165) is 38.8 Å². The summed E-state index contributed by atoms with van der Waals surface area (Å²) < 4.78 is 5.52.